The molecule has 1 aliphatic carbocycles. The van der Waals surface area contributed by atoms with E-state index in [0.29, 0.717) is 17.7 Å². The molecule has 1 aliphatic heterocycles. The Morgan fingerprint density at radius 1 is 1.00 bits per heavy atom. The molecular weight excluding hydrogens is 428 g/mol. The van der Waals surface area contributed by atoms with Crippen molar-refractivity contribution in [1.29, 1.82) is 0 Å². The van der Waals surface area contributed by atoms with E-state index in [-0.39, 0.29) is 29.6 Å². The Morgan fingerprint density at radius 2 is 1.68 bits per heavy atom. The highest BCUT2D eigenvalue weighted by Crippen LogP contribution is 2.48. The van der Waals surface area contributed by atoms with Crippen LogP contribution in [0.5, 0.6) is 11.5 Å². The molecule has 1 spiro atoms. The topological polar surface area (TPSA) is 92.3 Å². The van der Waals surface area contributed by atoms with E-state index in [1.165, 1.54) is 0 Å². The molecular formula is C26H30N6O2. The van der Waals surface area contributed by atoms with Crippen molar-refractivity contribution in [3.63, 3.8) is 0 Å². The summed E-state index contributed by atoms with van der Waals surface area (Å²) in [5.74, 6) is 3.27. The zero-order chi connectivity index (χ0) is 23.9. The van der Waals surface area contributed by atoms with Gasteiger partial charge in [-0.15, -0.1) is 0 Å². The Bertz CT molecular complexity index is 1180. The normalized spacial score (nSPS) is 19.3. The molecule has 2 heterocycles. The van der Waals surface area contributed by atoms with Crippen molar-refractivity contribution in [3.05, 3.63) is 66.0 Å². The van der Waals surface area contributed by atoms with Crippen LogP contribution in [-0.2, 0) is 0 Å². The SMILES string of the molecule is Cc1nc(N[C@@H](C)c2ccc(Oc3ccccc3)cc2)nc(N2C(=O)NC3(CC3)C2C(C)C)n1. The van der Waals surface area contributed by atoms with E-state index in [0.717, 1.165) is 29.9 Å². The van der Waals surface area contributed by atoms with Gasteiger partial charge in [-0.1, -0.05) is 44.2 Å². The number of amides is 2. The minimum absolute atomic E-state index is 0.0317. The summed E-state index contributed by atoms with van der Waals surface area (Å²) in [5.41, 5.74) is 0.923. The molecule has 8 heteroatoms. The highest BCUT2D eigenvalue weighted by atomic mass is 16.5. The summed E-state index contributed by atoms with van der Waals surface area (Å²) in [6, 6.07) is 17.5. The third-order valence-electron chi connectivity index (χ3n) is 6.49. The van der Waals surface area contributed by atoms with Crippen molar-refractivity contribution in [2.45, 2.75) is 58.2 Å². The minimum Gasteiger partial charge on any atom is -0.457 e. The molecule has 1 aromatic heterocycles. The first-order valence-electron chi connectivity index (χ1n) is 11.8. The maximum absolute atomic E-state index is 12.9. The van der Waals surface area contributed by atoms with Gasteiger partial charge in [0.05, 0.1) is 17.6 Å². The zero-order valence-electron chi connectivity index (χ0n) is 19.9. The lowest BCUT2D eigenvalue weighted by Crippen LogP contribution is -2.43. The fourth-order valence-corrected chi connectivity index (χ4v) is 4.79. The zero-order valence-corrected chi connectivity index (χ0v) is 19.9. The molecule has 176 valence electrons. The number of nitrogens with one attached hydrogen (secondary N) is 2. The molecule has 5 rings (SSSR count). The lowest BCUT2D eigenvalue weighted by atomic mass is 9.95. The van der Waals surface area contributed by atoms with Crippen LogP contribution in [-0.4, -0.2) is 32.6 Å². The van der Waals surface area contributed by atoms with Gasteiger partial charge in [0.25, 0.3) is 0 Å². The lowest BCUT2D eigenvalue weighted by molar-refractivity contribution is 0.250. The van der Waals surface area contributed by atoms with Crippen molar-refractivity contribution >= 4 is 17.9 Å². The van der Waals surface area contributed by atoms with Crippen LogP contribution in [0.1, 0.15) is 51.0 Å². The lowest BCUT2D eigenvalue weighted by Gasteiger charge is -2.28. The van der Waals surface area contributed by atoms with E-state index in [9.17, 15) is 4.79 Å². The van der Waals surface area contributed by atoms with Gasteiger partial charge in [-0.25, -0.2) is 4.79 Å². The number of rotatable bonds is 7. The number of aryl methyl sites for hydroxylation is 1. The summed E-state index contributed by atoms with van der Waals surface area (Å²) in [6.45, 7) is 8.14. The van der Waals surface area contributed by atoms with Gasteiger partial charge in [-0.05, 0) is 62.4 Å². The molecule has 0 radical (unpaired) electrons. The number of carbonyl (C=O) groups excluding carboxylic acids is 1. The average molecular weight is 459 g/mol. The Hall–Kier alpha value is -3.68. The summed E-state index contributed by atoms with van der Waals surface area (Å²) in [4.78, 5) is 28.2. The van der Waals surface area contributed by atoms with Crippen LogP contribution >= 0.6 is 0 Å². The number of hydrogen-bond donors (Lipinski definition) is 2. The van der Waals surface area contributed by atoms with Crippen molar-refractivity contribution in [2.24, 2.45) is 5.92 Å². The Morgan fingerprint density at radius 3 is 2.32 bits per heavy atom. The molecule has 2 amide bonds. The molecule has 2 fully saturated rings. The molecule has 1 unspecified atom stereocenters. The van der Waals surface area contributed by atoms with E-state index in [1.807, 2.05) is 68.4 Å². The van der Waals surface area contributed by atoms with Crippen LogP contribution in [0.25, 0.3) is 0 Å². The molecule has 1 saturated heterocycles. The Kier molecular flexibility index (Phi) is 5.59. The van der Waals surface area contributed by atoms with Gasteiger partial charge in [-0.3, -0.25) is 4.90 Å². The molecule has 8 nitrogen and oxygen atoms in total. The number of hydrogen-bond acceptors (Lipinski definition) is 6. The maximum atomic E-state index is 12.9. The standard InChI is InChI=1S/C26H30N6O2/c1-16(2)22-26(14-15-26)31-25(33)32(22)24-29-18(4)28-23(30-24)27-17(3)19-10-12-21(13-11-19)34-20-8-6-5-7-9-20/h5-13,16-17,22H,14-15H2,1-4H3,(H,31,33)(H,27,28,29,30)/t17-,22?/m0/s1. The van der Waals surface area contributed by atoms with Gasteiger partial charge < -0.3 is 15.4 Å². The number of nitrogens with zero attached hydrogens (tertiary/aromatic N) is 4. The van der Waals surface area contributed by atoms with Crippen LogP contribution in [0.2, 0.25) is 0 Å². The fourth-order valence-electron chi connectivity index (χ4n) is 4.79. The second kappa shape index (κ2) is 8.59. The van der Waals surface area contributed by atoms with Crippen LogP contribution in [0.15, 0.2) is 54.6 Å². The van der Waals surface area contributed by atoms with E-state index in [2.05, 4.69) is 39.4 Å². The molecule has 0 bridgehead atoms. The first kappa shape index (κ1) is 22.1. The van der Waals surface area contributed by atoms with Crippen LogP contribution in [0.4, 0.5) is 16.7 Å². The largest absolute Gasteiger partial charge is 0.457 e. The first-order valence-corrected chi connectivity index (χ1v) is 11.8. The molecule has 2 atom stereocenters. The number of para-hydroxylation sites is 1. The third-order valence-corrected chi connectivity index (χ3v) is 6.49. The summed E-state index contributed by atoms with van der Waals surface area (Å²) in [5, 5.41) is 6.53. The third kappa shape index (κ3) is 4.27. The number of anilines is 2. The Labute approximate surface area is 199 Å². The van der Waals surface area contributed by atoms with Crippen LogP contribution in [0.3, 0.4) is 0 Å². The van der Waals surface area contributed by atoms with Gasteiger partial charge >= 0.3 is 6.03 Å². The van der Waals surface area contributed by atoms with Gasteiger partial charge in [0.2, 0.25) is 11.9 Å². The van der Waals surface area contributed by atoms with E-state index in [4.69, 9.17) is 4.74 Å². The molecule has 1 saturated carbocycles. The molecule has 3 aromatic rings. The average Bonchev–Trinajstić information content (AvgIpc) is 3.50. The fraction of sp³-hybridized carbons (Fsp3) is 0.385. The second-order valence-electron chi connectivity index (χ2n) is 9.50. The van der Waals surface area contributed by atoms with Gasteiger partial charge in [0, 0.05) is 0 Å². The minimum atomic E-state index is -0.143. The summed E-state index contributed by atoms with van der Waals surface area (Å²) in [6.07, 6.45) is 1.99. The number of benzene rings is 2. The highest BCUT2D eigenvalue weighted by molar-refractivity contribution is 5.95. The monoisotopic (exact) mass is 458 g/mol. The van der Waals surface area contributed by atoms with Crippen molar-refractivity contribution in [3.8, 4) is 11.5 Å². The second-order valence-corrected chi connectivity index (χ2v) is 9.50. The maximum Gasteiger partial charge on any atom is 0.325 e. The molecule has 34 heavy (non-hydrogen) atoms. The summed E-state index contributed by atoms with van der Waals surface area (Å²) < 4.78 is 5.88. The van der Waals surface area contributed by atoms with Gasteiger partial charge in [0.15, 0.2) is 0 Å². The van der Waals surface area contributed by atoms with Crippen molar-refractivity contribution < 1.29 is 9.53 Å². The summed E-state index contributed by atoms with van der Waals surface area (Å²) >= 11 is 0. The van der Waals surface area contributed by atoms with Crippen LogP contribution in [0, 0.1) is 12.8 Å². The number of carbonyl (C=O) groups is 1. The highest BCUT2D eigenvalue weighted by Gasteiger charge is 2.61. The predicted molar refractivity (Wildman–Crippen MR) is 131 cm³/mol. The summed E-state index contributed by atoms with van der Waals surface area (Å²) in [7, 11) is 0. The van der Waals surface area contributed by atoms with E-state index >= 15 is 0 Å². The number of urea groups is 1. The van der Waals surface area contributed by atoms with Crippen LogP contribution < -0.4 is 20.3 Å². The van der Waals surface area contributed by atoms with E-state index in [1.54, 1.807) is 4.90 Å². The smallest absolute Gasteiger partial charge is 0.325 e. The number of aromatic nitrogens is 3. The molecule has 2 aliphatic rings. The van der Waals surface area contributed by atoms with E-state index < -0.39 is 0 Å². The van der Waals surface area contributed by atoms with Crippen molar-refractivity contribution in [1.82, 2.24) is 20.3 Å². The van der Waals surface area contributed by atoms with Crippen molar-refractivity contribution in [2.75, 3.05) is 10.2 Å². The molecule has 2 N–H and O–H groups in total. The predicted octanol–water partition coefficient (Wildman–Crippen LogP) is 5.23. The first-order chi connectivity index (χ1) is 16.3. The van der Waals surface area contributed by atoms with Gasteiger partial charge in [0.1, 0.15) is 17.3 Å². The van der Waals surface area contributed by atoms with Gasteiger partial charge in [-0.2, -0.15) is 15.0 Å². The quantitative estimate of drug-likeness (QED) is 0.504. The molecule has 2 aromatic carbocycles. The number of ether oxygens (including phenoxy) is 1. The Balaban J connectivity index is 1.32.